The molecule has 0 bridgehead atoms. The van der Waals surface area contributed by atoms with Crippen LogP contribution in [0.5, 0.6) is 0 Å². The van der Waals surface area contributed by atoms with Crippen molar-refractivity contribution < 1.29 is 14.3 Å². The zero-order valence-electron chi connectivity index (χ0n) is 16.6. The first kappa shape index (κ1) is 20.7. The third-order valence-corrected chi connectivity index (χ3v) is 4.46. The Labute approximate surface area is 173 Å². The van der Waals surface area contributed by atoms with E-state index in [4.69, 9.17) is 10.5 Å². The fourth-order valence-electron chi connectivity index (χ4n) is 3.04. The van der Waals surface area contributed by atoms with Crippen LogP contribution in [-0.4, -0.2) is 41.0 Å². The number of hydrogen-bond acceptors (Lipinski definition) is 8. The number of hydrazine groups is 1. The van der Waals surface area contributed by atoms with E-state index < -0.39 is 11.9 Å². The summed E-state index contributed by atoms with van der Waals surface area (Å²) in [5, 5.41) is 6.17. The molecule has 1 amide bonds. The summed E-state index contributed by atoms with van der Waals surface area (Å²) in [5.41, 5.74) is 9.92. The number of carbonyl (C=O) groups is 2. The Morgan fingerprint density at radius 2 is 1.87 bits per heavy atom. The Morgan fingerprint density at radius 3 is 2.57 bits per heavy atom. The first-order valence-electron chi connectivity index (χ1n) is 9.12. The molecule has 0 fully saturated rings. The molecule has 1 aromatic heterocycles. The maximum atomic E-state index is 13.0. The summed E-state index contributed by atoms with van der Waals surface area (Å²) in [7, 11) is 3.03. The van der Waals surface area contributed by atoms with Crippen LogP contribution in [0.25, 0.3) is 10.8 Å². The van der Waals surface area contributed by atoms with Gasteiger partial charge in [0.05, 0.1) is 13.7 Å². The Morgan fingerprint density at radius 1 is 1.13 bits per heavy atom. The highest BCUT2D eigenvalue weighted by atomic mass is 16.5. The van der Waals surface area contributed by atoms with Gasteiger partial charge in [-0.05, 0) is 22.4 Å². The van der Waals surface area contributed by atoms with Crippen LogP contribution in [0.3, 0.4) is 0 Å². The molecular formula is C21H22N6O3. The van der Waals surface area contributed by atoms with Gasteiger partial charge in [-0.1, -0.05) is 30.3 Å². The van der Waals surface area contributed by atoms with E-state index in [2.05, 4.69) is 20.7 Å². The van der Waals surface area contributed by atoms with Gasteiger partial charge in [-0.25, -0.2) is 20.2 Å². The van der Waals surface area contributed by atoms with Gasteiger partial charge in [0, 0.05) is 37.4 Å². The molecule has 3 aromatic rings. The number of benzene rings is 2. The summed E-state index contributed by atoms with van der Waals surface area (Å²) in [5.74, 6) is -1.05. The van der Waals surface area contributed by atoms with E-state index >= 15 is 0 Å². The maximum absolute atomic E-state index is 13.0. The van der Waals surface area contributed by atoms with E-state index in [0.717, 1.165) is 16.3 Å². The zero-order valence-corrected chi connectivity index (χ0v) is 16.6. The van der Waals surface area contributed by atoms with Crippen LogP contribution in [0.2, 0.25) is 0 Å². The van der Waals surface area contributed by atoms with Crippen molar-refractivity contribution in [2.75, 3.05) is 19.5 Å². The number of aromatic nitrogens is 2. The lowest BCUT2D eigenvalue weighted by Crippen LogP contribution is -2.29. The molecule has 30 heavy (non-hydrogen) atoms. The number of ether oxygens (including phenoxy) is 1. The number of nitrogens with zero attached hydrogens (tertiary/aromatic N) is 3. The summed E-state index contributed by atoms with van der Waals surface area (Å²) in [6.07, 6.45) is 5.91. The maximum Gasteiger partial charge on any atom is 0.360 e. The van der Waals surface area contributed by atoms with Crippen LogP contribution in [0.1, 0.15) is 26.4 Å². The minimum atomic E-state index is -0.682. The predicted molar refractivity (Wildman–Crippen MR) is 113 cm³/mol. The molecule has 0 radical (unpaired) electrons. The first-order valence-corrected chi connectivity index (χ1v) is 9.12. The largest absolute Gasteiger partial charge is 0.464 e. The highest BCUT2D eigenvalue weighted by Gasteiger charge is 2.19. The highest BCUT2D eigenvalue weighted by Crippen LogP contribution is 2.25. The van der Waals surface area contributed by atoms with Gasteiger partial charge in [0.1, 0.15) is 0 Å². The molecule has 0 unspecified atom stereocenters. The van der Waals surface area contributed by atoms with Crippen LogP contribution < -0.4 is 16.5 Å². The molecule has 0 atom stereocenters. The Hall–Kier alpha value is -3.98. The van der Waals surface area contributed by atoms with Gasteiger partial charge in [0.15, 0.2) is 11.5 Å². The molecule has 0 aliphatic carbocycles. The topological polar surface area (TPSA) is 122 Å². The number of fused-ring (bicyclic) bond motifs is 1. The molecule has 9 heteroatoms. The van der Waals surface area contributed by atoms with Crippen molar-refractivity contribution in [1.29, 1.82) is 0 Å². The molecule has 3 rings (SSSR count). The van der Waals surface area contributed by atoms with Crippen molar-refractivity contribution >= 4 is 28.5 Å². The average Bonchev–Trinajstić information content (AvgIpc) is 2.78. The normalized spacial score (nSPS) is 10.9. The van der Waals surface area contributed by atoms with E-state index in [0.29, 0.717) is 12.1 Å². The third kappa shape index (κ3) is 4.36. The van der Waals surface area contributed by atoms with Gasteiger partial charge < -0.3 is 20.8 Å². The van der Waals surface area contributed by atoms with Gasteiger partial charge in [-0.2, -0.15) is 0 Å². The van der Waals surface area contributed by atoms with Crippen molar-refractivity contribution in [2.24, 2.45) is 5.73 Å². The van der Waals surface area contributed by atoms with E-state index in [9.17, 15) is 9.59 Å². The van der Waals surface area contributed by atoms with Gasteiger partial charge in [-0.15, -0.1) is 0 Å². The Bertz CT molecular complexity index is 1100. The number of esters is 1. The number of anilines is 1. The molecule has 0 aliphatic rings. The molecule has 0 saturated heterocycles. The van der Waals surface area contributed by atoms with Crippen LogP contribution in [0.15, 0.2) is 61.2 Å². The van der Waals surface area contributed by atoms with Crippen molar-refractivity contribution in [3.05, 3.63) is 78.0 Å². The fourth-order valence-corrected chi connectivity index (χ4v) is 3.04. The highest BCUT2D eigenvalue weighted by molar-refractivity contribution is 6.14. The van der Waals surface area contributed by atoms with Crippen molar-refractivity contribution in [3.8, 4) is 0 Å². The zero-order chi connectivity index (χ0) is 21.5. The molecule has 0 aliphatic heterocycles. The lowest BCUT2D eigenvalue weighted by atomic mass is 9.99. The second-order valence-electron chi connectivity index (χ2n) is 6.21. The van der Waals surface area contributed by atoms with Crippen molar-refractivity contribution in [1.82, 2.24) is 20.4 Å². The number of nitrogens with one attached hydrogen (secondary N) is 2. The molecule has 4 N–H and O–H groups in total. The lowest BCUT2D eigenvalue weighted by Gasteiger charge is -2.20. The quantitative estimate of drug-likeness (QED) is 0.402. The van der Waals surface area contributed by atoms with Crippen LogP contribution in [-0.2, 0) is 11.3 Å². The summed E-state index contributed by atoms with van der Waals surface area (Å²) >= 11 is 0. The molecule has 0 spiro atoms. The fraction of sp³-hybridized carbons (Fsp3) is 0.143. The summed E-state index contributed by atoms with van der Waals surface area (Å²) in [6, 6.07) is 11.2. The molecule has 154 valence electrons. The van der Waals surface area contributed by atoms with Gasteiger partial charge in [-0.3, -0.25) is 4.79 Å². The van der Waals surface area contributed by atoms with E-state index in [-0.39, 0.29) is 11.5 Å². The van der Waals surface area contributed by atoms with Gasteiger partial charge in [0.25, 0.3) is 5.91 Å². The predicted octanol–water partition coefficient (Wildman–Crippen LogP) is 2.04. The monoisotopic (exact) mass is 406 g/mol. The summed E-state index contributed by atoms with van der Waals surface area (Å²) in [6.45, 7) is 0.545. The molecular weight excluding hydrogens is 384 g/mol. The second kappa shape index (κ2) is 9.48. The standard InChI is InChI=1S/C21H22N6O3/c1-23-27(12-9-22)13-14-7-8-17(16-6-4-3-5-15(14)16)20(28)26-19-18(21(29)30-2)24-10-11-25-19/h3-12,23H,13,22H2,1-2H3,(H,25,26,28)/b12-9-. The number of carbonyl (C=O) groups excluding carboxylic acids is 2. The van der Waals surface area contributed by atoms with Gasteiger partial charge >= 0.3 is 5.97 Å². The number of hydrogen-bond donors (Lipinski definition) is 3. The Balaban J connectivity index is 1.97. The smallest absolute Gasteiger partial charge is 0.360 e. The first-order chi connectivity index (χ1) is 14.6. The van der Waals surface area contributed by atoms with E-state index in [1.165, 1.54) is 25.7 Å². The minimum absolute atomic E-state index is 0.0388. The van der Waals surface area contributed by atoms with E-state index in [1.807, 2.05) is 35.3 Å². The number of nitrogens with two attached hydrogens (primary N) is 1. The summed E-state index contributed by atoms with van der Waals surface area (Å²) in [4.78, 5) is 32.9. The number of methoxy groups -OCH3 is 1. The summed E-state index contributed by atoms with van der Waals surface area (Å²) < 4.78 is 4.70. The van der Waals surface area contributed by atoms with Crippen LogP contribution in [0, 0.1) is 0 Å². The molecule has 2 aromatic carbocycles. The van der Waals surface area contributed by atoms with Crippen molar-refractivity contribution in [3.63, 3.8) is 0 Å². The van der Waals surface area contributed by atoms with Crippen LogP contribution in [0.4, 0.5) is 5.82 Å². The van der Waals surface area contributed by atoms with Crippen LogP contribution >= 0.6 is 0 Å². The van der Waals surface area contributed by atoms with Crippen molar-refractivity contribution in [2.45, 2.75) is 6.54 Å². The second-order valence-corrected chi connectivity index (χ2v) is 6.21. The average molecular weight is 406 g/mol. The third-order valence-electron chi connectivity index (χ3n) is 4.46. The molecule has 0 saturated carbocycles. The molecule has 1 heterocycles. The molecule has 9 nitrogen and oxygen atoms in total. The lowest BCUT2D eigenvalue weighted by molar-refractivity contribution is 0.0595. The SMILES string of the molecule is CNN(/C=C\N)Cc1ccc(C(=O)Nc2nccnc2C(=O)OC)c2ccccc12. The van der Waals surface area contributed by atoms with E-state index in [1.54, 1.807) is 19.3 Å². The number of amides is 1. The van der Waals surface area contributed by atoms with Gasteiger partial charge in [0.2, 0.25) is 0 Å². The number of rotatable bonds is 7. The Kier molecular flexibility index (Phi) is 6.56. The minimum Gasteiger partial charge on any atom is -0.464 e.